The molecule has 0 aliphatic rings. The zero-order valence-corrected chi connectivity index (χ0v) is 61.0. The van der Waals surface area contributed by atoms with Gasteiger partial charge in [0, 0.05) is 84.7 Å². The average molecular weight is 1160 g/mol. The van der Waals surface area contributed by atoms with E-state index in [-0.39, 0.29) is 32.5 Å². The van der Waals surface area contributed by atoms with E-state index >= 15 is 0 Å². The van der Waals surface area contributed by atoms with E-state index in [0.29, 0.717) is 5.41 Å². The quantitative estimate of drug-likeness (QED) is 0.146. The van der Waals surface area contributed by atoms with Crippen LogP contribution in [0, 0.1) is 0 Å². The zero-order chi connectivity index (χ0) is 67.3. The number of benzene rings is 1. The molecular formula is C75H131N9. The normalized spacial score (nSPS) is 10.1. The SMILES string of the molecule is CC.CC.CC.CC.CC.CC.CC.CC(C)(C)c1ccccc1.CC(C)(C)c1ccccn1.CC(C)(C)c1cccnc1.CC(C)(C)c1ccncc1.CC(C)(C)c1ccnnc1.CC(C)(C)c1cnccn1.CC(C)(C)c1cncnc1. The number of pyridine rings is 3. The molecule has 0 fully saturated rings. The lowest BCUT2D eigenvalue weighted by atomic mass is 9.87. The van der Waals surface area contributed by atoms with E-state index in [1.54, 1.807) is 43.5 Å². The summed E-state index contributed by atoms with van der Waals surface area (Å²) in [6.45, 7) is 73.6. The van der Waals surface area contributed by atoms with Crippen LogP contribution in [-0.2, 0) is 37.9 Å². The second kappa shape index (κ2) is 52.5. The van der Waals surface area contributed by atoms with Crippen LogP contribution in [0.1, 0.15) is 282 Å². The molecule has 1 aromatic carbocycles. The van der Waals surface area contributed by atoms with Crippen molar-refractivity contribution in [2.45, 2.75) is 280 Å². The van der Waals surface area contributed by atoms with Crippen LogP contribution in [-0.4, -0.2) is 45.1 Å². The van der Waals surface area contributed by atoms with Crippen LogP contribution in [0.4, 0.5) is 0 Å². The Morgan fingerprint density at radius 2 is 0.571 bits per heavy atom. The summed E-state index contributed by atoms with van der Waals surface area (Å²) in [6.07, 6.45) is 23.2. The summed E-state index contributed by atoms with van der Waals surface area (Å²) >= 11 is 0. The summed E-state index contributed by atoms with van der Waals surface area (Å²) in [4.78, 5) is 28.3. The van der Waals surface area contributed by atoms with Crippen LogP contribution in [0.5, 0.6) is 0 Å². The minimum atomic E-state index is 0.119. The summed E-state index contributed by atoms with van der Waals surface area (Å²) in [5.74, 6) is 0. The standard InChI is InChI=1S/C10H14.3C9H13N.3C8H12N2.7C2H6/c1-10(2,3)9-7-5-4-6-8-9;1-9(2,3)8-4-6-10-7-5-8;1-9(2,3)8-5-4-6-10-7-8;1-9(2,3)8-6-4-5-7-10-8;1-8(2,3)7-4-9-6-10-5-7;1-8(2,3)7-6-9-4-5-10-7;1-8(2,3)7-4-5-9-10-6-7;7*1-2/h4-8H,1-3H3;3*4-7H,1-3H3;3*4-6H,1-3H3;7*1-2H3. The van der Waals surface area contributed by atoms with Crippen LogP contribution in [0.25, 0.3) is 0 Å². The van der Waals surface area contributed by atoms with Crippen LogP contribution < -0.4 is 0 Å². The molecule has 0 saturated carbocycles. The summed E-state index contributed by atoms with van der Waals surface area (Å²) in [7, 11) is 0. The second-order valence-corrected chi connectivity index (χ2v) is 24.2. The van der Waals surface area contributed by atoms with Gasteiger partial charge in [-0.25, -0.2) is 9.97 Å². The van der Waals surface area contributed by atoms with Gasteiger partial charge in [0.1, 0.15) is 6.33 Å². The van der Waals surface area contributed by atoms with Crippen molar-refractivity contribution in [3.8, 4) is 0 Å². The maximum Gasteiger partial charge on any atom is 0.115 e. The summed E-state index contributed by atoms with van der Waals surface area (Å²) < 4.78 is 0. The fourth-order valence-electron chi connectivity index (χ4n) is 5.51. The molecule has 84 heavy (non-hydrogen) atoms. The third-order valence-electron chi connectivity index (χ3n) is 10.4. The van der Waals surface area contributed by atoms with Crippen LogP contribution in [0.15, 0.2) is 160 Å². The first-order chi connectivity index (χ1) is 39.2. The van der Waals surface area contributed by atoms with Gasteiger partial charge in [0.2, 0.25) is 0 Å². The Morgan fingerprint density at radius 3 is 0.821 bits per heavy atom. The molecule has 0 spiro atoms. The molecule has 6 heterocycles. The first-order valence-corrected chi connectivity index (χ1v) is 31.3. The Hall–Kier alpha value is -6.09. The minimum absolute atomic E-state index is 0.119. The van der Waals surface area contributed by atoms with Crippen LogP contribution in [0.2, 0.25) is 0 Å². The molecule has 0 aliphatic carbocycles. The Kier molecular flexibility index (Phi) is 57.2. The molecule has 0 atom stereocenters. The number of aromatic nitrogens is 9. The number of hydrogen-bond acceptors (Lipinski definition) is 9. The van der Waals surface area contributed by atoms with E-state index in [1.807, 2.05) is 158 Å². The highest BCUT2D eigenvalue weighted by atomic mass is 15.1. The number of hydrogen-bond donors (Lipinski definition) is 0. The predicted molar refractivity (Wildman–Crippen MR) is 376 cm³/mol. The molecule has 0 aliphatic heterocycles. The molecule has 7 aromatic rings. The molecule has 9 heteroatoms. The molecule has 9 nitrogen and oxygen atoms in total. The number of nitrogens with zero attached hydrogens (tertiary/aromatic N) is 9. The van der Waals surface area contributed by atoms with Gasteiger partial charge in [-0.1, -0.05) is 285 Å². The fraction of sp³-hybridized carbons (Fsp3) is 0.560. The van der Waals surface area contributed by atoms with Gasteiger partial charge in [-0.3, -0.25) is 24.9 Å². The van der Waals surface area contributed by atoms with E-state index in [4.69, 9.17) is 0 Å². The summed E-state index contributed by atoms with van der Waals surface area (Å²) in [6, 6.07) is 26.7. The van der Waals surface area contributed by atoms with Crippen molar-refractivity contribution in [2.24, 2.45) is 0 Å². The molecule has 7 rings (SSSR count). The molecule has 476 valence electrons. The molecule has 0 saturated heterocycles. The topological polar surface area (TPSA) is 116 Å². The van der Waals surface area contributed by atoms with Crippen LogP contribution in [0.3, 0.4) is 0 Å². The molecule has 0 bridgehead atoms. The van der Waals surface area contributed by atoms with Gasteiger partial charge in [-0.2, -0.15) is 10.2 Å². The average Bonchev–Trinajstić information content (AvgIpc) is 3.52. The molecule has 0 amide bonds. The smallest absolute Gasteiger partial charge is 0.115 e. The number of rotatable bonds is 0. The van der Waals surface area contributed by atoms with Gasteiger partial charge >= 0.3 is 0 Å². The molecular weight excluding hydrogens is 1030 g/mol. The third kappa shape index (κ3) is 50.4. The largest absolute Gasteiger partial charge is 0.265 e. The highest BCUT2D eigenvalue weighted by molar-refractivity contribution is 5.23. The van der Waals surface area contributed by atoms with E-state index in [2.05, 4.69) is 245 Å². The van der Waals surface area contributed by atoms with Gasteiger partial charge in [-0.05, 0) is 91.3 Å². The van der Waals surface area contributed by atoms with Crippen LogP contribution >= 0.6 is 0 Å². The van der Waals surface area contributed by atoms with Gasteiger partial charge in [-0.15, -0.1) is 0 Å². The molecule has 0 N–H and O–H groups in total. The van der Waals surface area contributed by atoms with E-state index in [1.165, 1.54) is 27.8 Å². The monoisotopic (exact) mass is 1160 g/mol. The summed E-state index contributed by atoms with van der Waals surface area (Å²) in [5.41, 5.74) is 10.0. The van der Waals surface area contributed by atoms with Gasteiger partial charge < -0.3 is 0 Å². The van der Waals surface area contributed by atoms with Crippen molar-refractivity contribution in [3.63, 3.8) is 0 Å². The Labute approximate surface area is 521 Å². The second-order valence-electron chi connectivity index (χ2n) is 24.2. The zero-order valence-electron chi connectivity index (χ0n) is 61.0. The van der Waals surface area contributed by atoms with Crippen molar-refractivity contribution in [2.75, 3.05) is 0 Å². The Morgan fingerprint density at radius 1 is 0.214 bits per heavy atom. The van der Waals surface area contributed by atoms with Crippen molar-refractivity contribution in [1.29, 1.82) is 0 Å². The molecule has 0 radical (unpaired) electrons. The predicted octanol–water partition coefficient (Wildman–Crippen LogP) is 22.6. The van der Waals surface area contributed by atoms with E-state index < -0.39 is 0 Å². The first kappa shape index (κ1) is 91.7. The van der Waals surface area contributed by atoms with E-state index in [9.17, 15) is 0 Å². The fourth-order valence-corrected chi connectivity index (χ4v) is 5.51. The lowest BCUT2D eigenvalue weighted by molar-refractivity contribution is 0.565. The van der Waals surface area contributed by atoms with Crippen molar-refractivity contribution in [3.05, 3.63) is 199 Å². The minimum Gasteiger partial charge on any atom is -0.265 e. The van der Waals surface area contributed by atoms with Crippen molar-refractivity contribution in [1.82, 2.24) is 45.1 Å². The maximum absolute atomic E-state index is 4.25. The molecule has 6 aromatic heterocycles. The third-order valence-corrected chi connectivity index (χ3v) is 10.4. The first-order valence-electron chi connectivity index (χ1n) is 31.3. The Balaban J connectivity index is -0.000000159. The van der Waals surface area contributed by atoms with E-state index in [0.717, 1.165) is 11.4 Å². The van der Waals surface area contributed by atoms with Gasteiger partial charge in [0.05, 0.1) is 11.9 Å². The highest BCUT2D eigenvalue weighted by Crippen LogP contribution is 2.24. The van der Waals surface area contributed by atoms with Crippen molar-refractivity contribution < 1.29 is 0 Å². The lowest BCUT2D eigenvalue weighted by Gasteiger charge is -2.18. The maximum atomic E-state index is 4.25. The van der Waals surface area contributed by atoms with Gasteiger partial charge in [0.15, 0.2) is 0 Å². The molecule has 0 unspecified atom stereocenters. The lowest BCUT2D eigenvalue weighted by Crippen LogP contribution is -2.13. The Bertz CT molecular complexity index is 1860. The van der Waals surface area contributed by atoms with Gasteiger partial charge in [0.25, 0.3) is 0 Å². The summed E-state index contributed by atoms with van der Waals surface area (Å²) in [5, 5.41) is 7.51. The highest BCUT2D eigenvalue weighted by Gasteiger charge is 2.17. The van der Waals surface area contributed by atoms with Crippen molar-refractivity contribution >= 4 is 0 Å².